The minimum Gasteiger partial charge on any atom is -0.358 e. The average Bonchev–Trinajstić information content (AvgIpc) is 2.21. The van der Waals surface area contributed by atoms with Crippen LogP contribution in [0.4, 0.5) is 0 Å². The van der Waals surface area contributed by atoms with Crippen molar-refractivity contribution in [1.82, 2.24) is 10.2 Å². The molecule has 0 bridgehead atoms. The third-order valence-corrected chi connectivity index (χ3v) is 2.86. The number of halogens is 1. The fraction of sp³-hybridized carbons (Fsp3) is 0.364. The van der Waals surface area contributed by atoms with Gasteiger partial charge < -0.3 is 5.32 Å². The lowest BCUT2D eigenvalue weighted by Gasteiger charge is -2.16. The lowest BCUT2D eigenvalue weighted by Crippen LogP contribution is -2.32. The van der Waals surface area contributed by atoms with Gasteiger partial charge in [-0.1, -0.05) is 34.1 Å². The van der Waals surface area contributed by atoms with Crippen LogP contribution in [0.15, 0.2) is 28.7 Å². The van der Waals surface area contributed by atoms with Gasteiger partial charge in [0.15, 0.2) is 0 Å². The summed E-state index contributed by atoms with van der Waals surface area (Å²) in [7, 11) is 3.57. The van der Waals surface area contributed by atoms with Crippen LogP contribution in [0.5, 0.6) is 0 Å². The minimum absolute atomic E-state index is 0.0320. The Morgan fingerprint density at radius 1 is 1.47 bits per heavy atom. The Kier molecular flexibility index (Phi) is 4.78. The number of nitrogens with zero attached hydrogens (tertiary/aromatic N) is 1. The van der Waals surface area contributed by atoms with E-state index in [1.807, 2.05) is 36.2 Å². The fourth-order valence-electron chi connectivity index (χ4n) is 1.30. The zero-order valence-electron chi connectivity index (χ0n) is 8.96. The average molecular weight is 271 g/mol. The van der Waals surface area contributed by atoms with Crippen LogP contribution in [0.1, 0.15) is 5.56 Å². The van der Waals surface area contributed by atoms with E-state index in [9.17, 15) is 4.79 Å². The smallest absolute Gasteiger partial charge is 0.233 e. The van der Waals surface area contributed by atoms with Crippen molar-refractivity contribution in [2.45, 2.75) is 6.54 Å². The van der Waals surface area contributed by atoms with Crippen LogP contribution < -0.4 is 5.32 Å². The van der Waals surface area contributed by atoms with E-state index in [4.69, 9.17) is 0 Å². The Bertz CT molecular complexity index is 341. The Morgan fingerprint density at radius 3 is 2.73 bits per heavy atom. The van der Waals surface area contributed by atoms with Crippen molar-refractivity contribution in [2.75, 3.05) is 20.6 Å². The van der Waals surface area contributed by atoms with E-state index in [2.05, 4.69) is 21.2 Å². The van der Waals surface area contributed by atoms with Gasteiger partial charge in [0.1, 0.15) is 0 Å². The van der Waals surface area contributed by atoms with Gasteiger partial charge in [-0.3, -0.25) is 9.69 Å². The molecule has 0 aliphatic rings. The lowest BCUT2D eigenvalue weighted by molar-refractivity contribution is -0.121. The maximum atomic E-state index is 11.1. The molecule has 15 heavy (non-hydrogen) atoms. The van der Waals surface area contributed by atoms with Crippen LogP contribution in [0, 0.1) is 0 Å². The number of amides is 1. The molecular formula is C11H15BrN2O. The molecule has 3 nitrogen and oxygen atoms in total. The van der Waals surface area contributed by atoms with E-state index in [1.54, 1.807) is 7.05 Å². The number of carbonyl (C=O) groups excluding carboxylic acids is 1. The highest BCUT2D eigenvalue weighted by Crippen LogP contribution is 2.16. The summed E-state index contributed by atoms with van der Waals surface area (Å²) in [4.78, 5) is 13.1. The molecule has 0 radical (unpaired) electrons. The summed E-state index contributed by atoms with van der Waals surface area (Å²) in [6.45, 7) is 1.17. The first-order chi connectivity index (χ1) is 7.13. The normalized spacial score (nSPS) is 10.4. The Hall–Kier alpha value is -0.870. The summed E-state index contributed by atoms with van der Waals surface area (Å²) >= 11 is 3.48. The molecule has 0 spiro atoms. The van der Waals surface area contributed by atoms with Crippen molar-refractivity contribution in [2.24, 2.45) is 0 Å². The third kappa shape index (κ3) is 4.01. The first kappa shape index (κ1) is 12.2. The lowest BCUT2D eigenvalue weighted by atomic mass is 10.2. The molecule has 0 fully saturated rings. The van der Waals surface area contributed by atoms with Crippen molar-refractivity contribution in [3.05, 3.63) is 34.3 Å². The quantitative estimate of drug-likeness (QED) is 0.902. The first-order valence-corrected chi connectivity index (χ1v) is 5.55. The number of likely N-dealkylation sites (N-methyl/N-ethyl adjacent to an activating group) is 2. The van der Waals surface area contributed by atoms with Crippen LogP contribution in [0.25, 0.3) is 0 Å². The Balaban J connectivity index is 2.55. The van der Waals surface area contributed by atoms with E-state index in [1.165, 1.54) is 5.56 Å². The molecule has 0 aliphatic heterocycles. The van der Waals surface area contributed by atoms with Crippen molar-refractivity contribution < 1.29 is 4.79 Å². The first-order valence-electron chi connectivity index (χ1n) is 4.76. The predicted octanol–water partition coefficient (Wildman–Crippen LogP) is 1.63. The molecular weight excluding hydrogens is 256 g/mol. The molecule has 0 atom stereocenters. The highest BCUT2D eigenvalue weighted by molar-refractivity contribution is 9.10. The molecule has 0 unspecified atom stereocenters. The summed E-state index contributed by atoms with van der Waals surface area (Å²) in [6.07, 6.45) is 0. The molecule has 0 heterocycles. The van der Waals surface area contributed by atoms with Gasteiger partial charge in [-0.25, -0.2) is 0 Å². The number of rotatable bonds is 4. The van der Waals surface area contributed by atoms with Gasteiger partial charge in [-0.2, -0.15) is 0 Å². The van der Waals surface area contributed by atoms with Crippen molar-refractivity contribution >= 4 is 21.8 Å². The van der Waals surface area contributed by atoms with Gasteiger partial charge in [0, 0.05) is 18.1 Å². The topological polar surface area (TPSA) is 32.3 Å². The Labute approximate surface area is 98.6 Å². The van der Waals surface area contributed by atoms with Gasteiger partial charge in [0.05, 0.1) is 6.54 Å². The molecule has 1 amide bonds. The molecule has 0 saturated heterocycles. The van der Waals surface area contributed by atoms with Crippen LogP contribution in [0.2, 0.25) is 0 Å². The summed E-state index contributed by atoms with van der Waals surface area (Å²) < 4.78 is 1.08. The van der Waals surface area contributed by atoms with Crippen molar-refractivity contribution in [3.8, 4) is 0 Å². The zero-order chi connectivity index (χ0) is 11.3. The highest BCUT2D eigenvalue weighted by atomic mass is 79.9. The summed E-state index contributed by atoms with van der Waals surface area (Å²) in [6, 6.07) is 8.02. The van der Waals surface area contributed by atoms with Crippen molar-refractivity contribution in [1.29, 1.82) is 0 Å². The van der Waals surface area contributed by atoms with Crippen LogP contribution in [0.3, 0.4) is 0 Å². The molecule has 1 aromatic rings. The highest BCUT2D eigenvalue weighted by Gasteiger charge is 2.06. The molecule has 0 saturated carbocycles. The largest absolute Gasteiger partial charge is 0.358 e. The molecule has 82 valence electrons. The van der Waals surface area contributed by atoms with Gasteiger partial charge in [0.2, 0.25) is 5.91 Å². The molecule has 0 aliphatic carbocycles. The molecule has 1 N–H and O–H groups in total. The monoisotopic (exact) mass is 270 g/mol. The number of hydrogen-bond acceptors (Lipinski definition) is 2. The van der Waals surface area contributed by atoms with E-state index in [0.29, 0.717) is 6.54 Å². The van der Waals surface area contributed by atoms with Crippen LogP contribution >= 0.6 is 15.9 Å². The molecule has 1 rings (SSSR count). The van der Waals surface area contributed by atoms with Gasteiger partial charge in [-0.05, 0) is 18.7 Å². The van der Waals surface area contributed by atoms with Crippen LogP contribution in [-0.2, 0) is 11.3 Å². The van der Waals surface area contributed by atoms with Gasteiger partial charge in [-0.15, -0.1) is 0 Å². The van der Waals surface area contributed by atoms with E-state index in [-0.39, 0.29) is 5.91 Å². The summed E-state index contributed by atoms with van der Waals surface area (Å²) in [5.41, 5.74) is 1.18. The third-order valence-electron chi connectivity index (χ3n) is 2.09. The van der Waals surface area contributed by atoms with E-state index >= 15 is 0 Å². The minimum atomic E-state index is 0.0320. The van der Waals surface area contributed by atoms with Gasteiger partial charge >= 0.3 is 0 Å². The van der Waals surface area contributed by atoms with E-state index in [0.717, 1.165) is 11.0 Å². The SMILES string of the molecule is CNC(=O)CN(C)Cc1ccccc1Br. The van der Waals surface area contributed by atoms with Gasteiger partial charge in [0.25, 0.3) is 0 Å². The number of carbonyl (C=O) groups is 1. The fourth-order valence-corrected chi connectivity index (χ4v) is 1.71. The number of benzene rings is 1. The van der Waals surface area contributed by atoms with E-state index < -0.39 is 0 Å². The second kappa shape index (κ2) is 5.88. The summed E-state index contributed by atoms with van der Waals surface area (Å²) in [5.74, 6) is 0.0320. The standard InChI is InChI=1S/C11H15BrN2O/c1-13-11(15)8-14(2)7-9-5-3-4-6-10(9)12/h3-6H,7-8H2,1-2H3,(H,13,15). The predicted molar refractivity (Wildman–Crippen MR) is 64.5 cm³/mol. The maximum Gasteiger partial charge on any atom is 0.233 e. The van der Waals surface area contributed by atoms with Crippen molar-refractivity contribution in [3.63, 3.8) is 0 Å². The summed E-state index contributed by atoms with van der Waals surface area (Å²) in [5, 5.41) is 2.60. The maximum absolute atomic E-state index is 11.1. The Morgan fingerprint density at radius 2 is 2.13 bits per heavy atom. The number of hydrogen-bond donors (Lipinski definition) is 1. The second-order valence-corrected chi connectivity index (χ2v) is 4.29. The second-order valence-electron chi connectivity index (χ2n) is 3.44. The molecule has 4 heteroatoms. The molecule has 0 aromatic heterocycles. The number of nitrogens with one attached hydrogen (secondary N) is 1. The zero-order valence-corrected chi connectivity index (χ0v) is 10.5. The molecule has 1 aromatic carbocycles. The van der Waals surface area contributed by atoms with Crippen LogP contribution in [-0.4, -0.2) is 31.4 Å².